The van der Waals surface area contributed by atoms with Gasteiger partial charge >= 0.3 is 0 Å². The third-order valence-electron chi connectivity index (χ3n) is 5.34. The van der Waals surface area contributed by atoms with Crippen molar-refractivity contribution in [3.05, 3.63) is 65.7 Å². The summed E-state index contributed by atoms with van der Waals surface area (Å²) >= 11 is 0. The summed E-state index contributed by atoms with van der Waals surface area (Å²) < 4.78 is 5.75. The Balaban J connectivity index is 1.45. The van der Waals surface area contributed by atoms with Crippen LogP contribution < -0.4 is 10.1 Å². The van der Waals surface area contributed by atoms with E-state index in [4.69, 9.17) is 4.74 Å². The van der Waals surface area contributed by atoms with Crippen LogP contribution in [0.3, 0.4) is 0 Å². The molecule has 0 saturated carbocycles. The van der Waals surface area contributed by atoms with Crippen molar-refractivity contribution in [2.75, 3.05) is 39.3 Å². The van der Waals surface area contributed by atoms with Gasteiger partial charge in [0.1, 0.15) is 5.75 Å². The first-order valence-electron chi connectivity index (χ1n) is 10.7. The minimum atomic E-state index is -0.273. The van der Waals surface area contributed by atoms with Crippen LogP contribution in [0, 0.1) is 0 Å². The fourth-order valence-corrected chi connectivity index (χ4v) is 3.54. The number of carbonyl (C=O) groups is 3. The molecular formula is C24H29N3O4. The number of ether oxygens (including phenoxy) is 1. The maximum Gasteiger partial charge on any atom is 0.260 e. The number of hydrogen-bond donors (Lipinski definition) is 1. The molecule has 1 fully saturated rings. The maximum atomic E-state index is 12.6. The summed E-state index contributed by atoms with van der Waals surface area (Å²) in [5.41, 5.74) is 1.59. The number of aryl methyl sites for hydroxylation is 1. The molecule has 0 radical (unpaired) electrons. The molecule has 31 heavy (non-hydrogen) atoms. The monoisotopic (exact) mass is 423 g/mol. The van der Waals surface area contributed by atoms with E-state index >= 15 is 0 Å². The lowest BCUT2D eigenvalue weighted by Gasteiger charge is -2.22. The highest BCUT2D eigenvalue weighted by Crippen LogP contribution is 2.18. The number of carbonyl (C=O) groups excluding carboxylic acids is 3. The van der Waals surface area contributed by atoms with Gasteiger partial charge in [0.2, 0.25) is 5.91 Å². The van der Waals surface area contributed by atoms with Gasteiger partial charge in [-0.25, -0.2) is 0 Å². The molecule has 0 bridgehead atoms. The lowest BCUT2D eigenvalue weighted by Crippen LogP contribution is -2.43. The standard InChI is InChI=1S/C24H29N3O4/c1-2-19-9-6-7-12-21(19)31-18-23(29)27-14-8-13-26(15-16-27)22(28)17-25-24(30)20-10-4-3-5-11-20/h3-7,9-12H,2,8,13-18H2,1H3,(H,25,30). The summed E-state index contributed by atoms with van der Waals surface area (Å²) in [7, 11) is 0. The first kappa shape index (κ1) is 22.3. The molecule has 0 spiro atoms. The quantitative estimate of drug-likeness (QED) is 0.740. The van der Waals surface area contributed by atoms with E-state index < -0.39 is 0 Å². The van der Waals surface area contributed by atoms with E-state index in [2.05, 4.69) is 5.32 Å². The molecule has 0 aromatic heterocycles. The molecule has 0 aliphatic carbocycles. The van der Waals surface area contributed by atoms with Gasteiger partial charge in [-0.15, -0.1) is 0 Å². The van der Waals surface area contributed by atoms with Crippen LogP contribution in [0.25, 0.3) is 0 Å². The molecule has 0 atom stereocenters. The van der Waals surface area contributed by atoms with Crippen molar-refractivity contribution < 1.29 is 19.1 Å². The Bertz CT molecular complexity index is 901. The van der Waals surface area contributed by atoms with Crippen LogP contribution in [0.15, 0.2) is 54.6 Å². The summed E-state index contributed by atoms with van der Waals surface area (Å²) in [6, 6.07) is 16.5. The highest BCUT2D eigenvalue weighted by molar-refractivity contribution is 5.96. The largest absolute Gasteiger partial charge is 0.483 e. The van der Waals surface area contributed by atoms with Gasteiger partial charge in [-0.1, -0.05) is 43.3 Å². The van der Waals surface area contributed by atoms with E-state index in [9.17, 15) is 14.4 Å². The highest BCUT2D eigenvalue weighted by atomic mass is 16.5. The molecule has 1 aliphatic rings. The van der Waals surface area contributed by atoms with Gasteiger partial charge in [-0.3, -0.25) is 14.4 Å². The maximum absolute atomic E-state index is 12.6. The molecule has 1 N–H and O–H groups in total. The summed E-state index contributed by atoms with van der Waals surface area (Å²) in [4.78, 5) is 40.7. The summed E-state index contributed by atoms with van der Waals surface area (Å²) in [6.07, 6.45) is 1.53. The Labute approximate surface area is 183 Å². The highest BCUT2D eigenvalue weighted by Gasteiger charge is 2.22. The zero-order valence-electron chi connectivity index (χ0n) is 17.9. The van der Waals surface area contributed by atoms with Crippen LogP contribution in [0.2, 0.25) is 0 Å². The first-order valence-corrected chi connectivity index (χ1v) is 10.7. The molecule has 164 valence electrons. The molecule has 0 unspecified atom stereocenters. The van der Waals surface area contributed by atoms with Crippen molar-refractivity contribution in [2.24, 2.45) is 0 Å². The Kier molecular flexibility index (Phi) is 8.04. The number of nitrogens with zero attached hydrogens (tertiary/aromatic N) is 2. The first-order chi connectivity index (χ1) is 15.1. The van der Waals surface area contributed by atoms with E-state index in [1.165, 1.54) is 0 Å². The minimum absolute atomic E-state index is 0.0158. The van der Waals surface area contributed by atoms with Crippen molar-refractivity contribution in [3.8, 4) is 5.75 Å². The van der Waals surface area contributed by atoms with Crippen molar-refractivity contribution in [3.63, 3.8) is 0 Å². The molecule has 7 nitrogen and oxygen atoms in total. The van der Waals surface area contributed by atoms with Crippen molar-refractivity contribution in [1.29, 1.82) is 0 Å². The van der Waals surface area contributed by atoms with Gasteiger partial charge < -0.3 is 19.9 Å². The normalized spacial score (nSPS) is 14.0. The van der Waals surface area contributed by atoms with Gasteiger partial charge in [0.05, 0.1) is 6.54 Å². The van der Waals surface area contributed by atoms with Gasteiger partial charge in [0.25, 0.3) is 11.8 Å². The van der Waals surface area contributed by atoms with Gasteiger partial charge in [-0.2, -0.15) is 0 Å². The van der Waals surface area contributed by atoms with Crippen LogP contribution in [0.5, 0.6) is 5.75 Å². The second-order valence-corrected chi connectivity index (χ2v) is 7.41. The Morgan fingerprint density at radius 3 is 2.23 bits per heavy atom. The number of rotatable bonds is 7. The second-order valence-electron chi connectivity index (χ2n) is 7.41. The van der Waals surface area contributed by atoms with E-state index in [1.807, 2.05) is 37.3 Å². The lowest BCUT2D eigenvalue weighted by molar-refractivity contribution is -0.134. The SMILES string of the molecule is CCc1ccccc1OCC(=O)N1CCCN(C(=O)CNC(=O)c2ccccc2)CC1. The molecule has 1 saturated heterocycles. The summed E-state index contributed by atoms with van der Waals surface area (Å²) in [6.45, 7) is 4.01. The smallest absolute Gasteiger partial charge is 0.260 e. The van der Waals surface area contributed by atoms with E-state index in [0.29, 0.717) is 38.2 Å². The molecule has 1 heterocycles. The van der Waals surface area contributed by atoms with E-state index in [-0.39, 0.29) is 30.9 Å². The third kappa shape index (κ3) is 6.31. The molecular weight excluding hydrogens is 394 g/mol. The zero-order chi connectivity index (χ0) is 22.1. The average molecular weight is 424 g/mol. The predicted octanol–water partition coefficient (Wildman–Crippen LogP) is 2.12. The fourth-order valence-electron chi connectivity index (χ4n) is 3.54. The van der Waals surface area contributed by atoms with Crippen molar-refractivity contribution >= 4 is 17.7 Å². The molecule has 2 aromatic rings. The molecule has 3 rings (SSSR count). The number of amides is 3. The number of para-hydroxylation sites is 1. The van der Waals surface area contributed by atoms with Crippen LogP contribution in [-0.2, 0) is 16.0 Å². The average Bonchev–Trinajstić information content (AvgIpc) is 3.08. The van der Waals surface area contributed by atoms with Crippen LogP contribution in [0.4, 0.5) is 0 Å². The molecule has 1 aliphatic heterocycles. The molecule has 7 heteroatoms. The van der Waals surface area contributed by atoms with Crippen LogP contribution >= 0.6 is 0 Å². The fraction of sp³-hybridized carbons (Fsp3) is 0.375. The third-order valence-corrected chi connectivity index (χ3v) is 5.34. The van der Waals surface area contributed by atoms with Crippen LogP contribution in [-0.4, -0.2) is 66.9 Å². The molecule has 3 amide bonds. The second kappa shape index (κ2) is 11.2. The van der Waals surface area contributed by atoms with Gasteiger partial charge in [0, 0.05) is 31.7 Å². The predicted molar refractivity (Wildman–Crippen MR) is 118 cm³/mol. The number of benzene rings is 2. The lowest BCUT2D eigenvalue weighted by atomic mass is 10.1. The zero-order valence-corrected chi connectivity index (χ0v) is 17.9. The van der Waals surface area contributed by atoms with Crippen molar-refractivity contribution in [2.45, 2.75) is 19.8 Å². The summed E-state index contributed by atoms with van der Waals surface area (Å²) in [5, 5.41) is 2.67. The Hall–Kier alpha value is -3.35. The van der Waals surface area contributed by atoms with E-state index in [1.54, 1.807) is 34.1 Å². The van der Waals surface area contributed by atoms with Crippen LogP contribution in [0.1, 0.15) is 29.3 Å². The number of nitrogens with one attached hydrogen (secondary N) is 1. The topological polar surface area (TPSA) is 79.0 Å². The van der Waals surface area contributed by atoms with Gasteiger partial charge in [0.15, 0.2) is 6.61 Å². The summed E-state index contributed by atoms with van der Waals surface area (Å²) in [5.74, 6) is 0.230. The number of hydrogen-bond acceptors (Lipinski definition) is 4. The molecule has 2 aromatic carbocycles. The minimum Gasteiger partial charge on any atom is -0.483 e. The van der Waals surface area contributed by atoms with Gasteiger partial charge in [-0.05, 0) is 36.6 Å². The van der Waals surface area contributed by atoms with E-state index in [0.717, 1.165) is 17.7 Å². The Morgan fingerprint density at radius 2 is 1.52 bits per heavy atom. The van der Waals surface area contributed by atoms with Crippen molar-refractivity contribution in [1.82, 2.24) is 15.1 Å². The Morgan fingerprint density at radius 1 is 0.871 bits per heavy atom.